The topological polar surface area (TPSA) is 24.9 Å². The highest BCUT2D eigenvalue weighted by Crippen LogP contribution is 2.15. The van der Waals surface area contributed by atoms with Crippen LogP contribution >= 0.6 is 22.9 Å². The van der Waals surface area contributed by atoms with Gasteiger partial charge in [0.1, 0.15) is 0 Å². The summed E-state index contributed by atoms with van der Waals surface area (Å²) in [6.07, 6.45) is 1.90. The molecule has 0 aliphatic rings. The van der Waals surface area contributed by atoms with Gasteiger partial charge in [0, 0.05) is 29.2 Å². The van der Waals surface area contributed by atoms with Crippen molar-refractivity contribution in [2.75, 3.05) is 0 Å². The van der Waals surface area contributed by atoms with Gasteiger partial charge >= 0.3 is 0 Å². The zero-order valence-corrected chi connectivity index (χ0v) is 10.6. The highest BCUT2D eigenvalue weighted by atomic mass is 35.5. The van der Waals surface area contributed by atoms with Crippen molar-refractivity contribution in [2.45, 2.75) is 20.0 Å². The Hall–Kier alpha value is -0.900. The zero-order valence-electron chi connectivity index (χ0n) is 9.03. The Morgan fingerprint density at radius 1 is 1.38 bits per heavy atom. The van der Waals surface area contributed by atoms with E-state index in [0.29, 0.717) is 0 Å². The van der Waals surface area contributed by atoms with Crippen molar-refractivity contribution in [1.82, 2.24) is 10.3 Å². The number of benzene rings is 1. The number of thiazole rings is 1. The molecule has 0 aliphatic heterocycles. The molecule has 1 N–H and O–H groups in total. The van der Waals surface area contributed by atoms with Crippen LogP contribution in [0.5, 0.6) is 0 Å². The summed E-state index contributed by atoms with van der Waals surface area (Å²) in [6, 6.07) is 5.99. The summed E-state index contributed by atoms with van der Waals surface area (Å²) in [5.41, 5.74) is 4.36. The van der Waals surface area contributed by atoms with Gasteiger partial charge in [0.25, 0.3) is 0 Å². The maximum absolute atomic E-state index is 5.91. The number of hydrogen-bond acceptors (Lipinski definition) is 3. The first-order valence-corrected chi connectivity index (χ1v) is 6.34. The third-order valence-corrected chi connectivity index (χ3v) is 3.42. The molecule has 0 amide bonds. The summed E-state index contributed by atoms with van der Waals surface area (Å²) in [6.45, 7) is 3.81. The van der Waals surface area contributed by atoms with Gasteiger partial charge in [-0.3, -0.25) is 4.98 Å². The predicted molar refractivity (Wildman–Crippen MR) is 68.8 cm³/mol. The Morgan fingerprint density at radius 2 is 2.25 bits per heavy atom. The van der Waals surface area contributed by atoms with E-state index in [9.17, 15) is 0 Å². The summed E-state index contributed by atoms with van der Waals surface area (Å²) < 4.78 is 0. The van der Waals surface area contributed by atoms with Crippen LogP contribution in [0.3, 0.4) is 0 Å². The lowest BCUT2D eigenvalue weighted by atomic mass is 10.1. The first kappa shape index (κ1) is 11.6. The van der Waals surface area contributed by atoms with Crippen molar-refractivity contribution in [2.24, 2.45) is 0 Å². The van der Waals surface area contributed by atoms with E-state index in [0.717, 1.165) is 18.1 Å². The Bertz CT molecular complexity index is 454. The second kappa shape index (κ2) is 5.43. The van der Waals surface area contributed by atoms with Gasteiger partial charge < -0.3 is 5.32 Å². The standard InChI is InChI=1S/C12H13ClN2S/c1-9-4-11(13)3-2-10(9)5-14-6-12-7-15-8-16-12/h2-4,7-8,14H,5-6H2,1H3. The highest BCUT2D eigenvalue weighted by molar-refractivity contribution is 7.09. The SMILES string of the molecule is Cc1cc(Cl)ccc1CNCc1cncs1. The number of aromatic nitrogens is 1. The van der Waals surface area contributed by atoms with Gasteiger partial charge in [-0.05, 0) is 30.2 Å². The van der Waals surface area contributed by atoms with Crippen LogP contribution in [0.25, 0.3) is 0 Å². The smallest absolute Gasteiger partial charge is 0.0794 e. The lowest BCUT2D eigenvalue weighted by molar-refractivity contribution is 0.697. The maximum Gasteiger partial charge on any atom is 0.0794 e. The van der Waals surface area contributed by atoms with Gasteiger partial charge in [0.2, 0.25) is 0 Å². The van der Waals surface area contributed by atoms with Crippen LogP contribution in [-0.2, 0) is 13.1 Å². The molecule has 0 fully saturated rings. The van der Waals surface area contributed by atoms with E-state index >= 15 is 0 Å². The zero-order chi connectivity index (χ0) is 11.4. The van der Waals surface area contributed by atoms with Crippen LogP contribution in [0, 0.1) is 6.92 Å². The molecule has 2 nitrogen and oxygen atoms in total. The van der Waals surface area contributed by atoms with Crippen molar-refractivity contribution in [3.63, 3.8) is 0 Å². The summed E-state index contributed by atoms with van der Waals surface area (Å²) in [5.74, 6) is 0. The lowest BCUT2D eigenvalue weighted by Gasteiger charge is -2.07. The molecular formula is C12H13ClN2S. The predicted octanol–water partition coefficient (Wildman–Crippen LogP) is 3.39. The van der Waals surface area contributed by atoms with Crippen LogP contribution in [0.1, 0.15) is 16.0 Å². The molecule has 0 aliphatic carbocycles. The molecule has 1 aromatic heterocycles. The summed E-state index contributed by atoms with van der Waals surface area (Å²) in [4.78, 5) is 5.29. The molecule has 0 saturated carbocycles. The van der Waals surface area contributed by atoms with Crippen molar-refractivity contribution < 1.29 is 0 Å². The Labute approximate surface area is 104 Å². The number of hydrogen-bond donors (Lipinski definition) is 1. The fourth-order valence-electron chi connectivity index (χ4n) is 1.51. The second-order valence-electron chi connectivity index (χ2n) is 3.64. The molecular weight excluding hydrogens is 240 g/mol. The Kier molecular flexibility index (Phi) is 3.93. The minimum absolute atomic E-state index is 0.795. The van der Waals surface area contributed by atoms with Crippen LogP contribution in [0.2, 0.25) is 5.02 Å². The number of rotatable bonds is 4. The molecule has 0 spiro atoms. The molecule has 0 radical (unpaired) electrons. The maximum atomic E-state index is 5.91. The number of nitrogens with one attached hydrogen (secondary N) is 1. The Balaban J connectivity index is 1.90. The van der Waals surface area contributed by atoms with Crippen molar-refractivity contribution in [3.05, 3.63) is 50.9 Å². The molecule has 84 valence electrons. The minimum Gasteiger partial charge on any atom is -0.308 e. The van der Waals surface area contributed by atoms with Gasteiger partial charge in [0.05, 0.1) is 5.51 Å². The second-order valence-corrected chi connectivity index (χ2v) is 5.05. The number of nitrogens with zero attached hydrogens (tertiary/aromatic N) is 1. The van der Waals surface area contributed by atoms with Gasteiger partial charge in [0.15, 0.2) is 0 Å². The van der Waals surface area contributed by atoms with Crippen LogP contribution in [0.4, 0.5) is 0 Å². The highest BCUT2D eigenvalue weighted by Gasteiger charge is 1.99. The number of aryl methyl sites for hydroxylation is 1. The molecule has 2 rings (SSSR count). The van der Waals surface area contributed by atoms with E-state index in [1.165, 1.54) is 16.0 Å². The van der Waals surface area contributed by atoms with Crippen LogP contribution < -0.4 is 5.32 Å². The summed E-state index contributed by atoms with van der Waals surface area (Å²) in [5, 5.41) is 4.19. The average molecular weight is 253 g/mol. The monoisotopic (exact) mass is 252 g/mol. The van der Waals surface area contributed by atoms with E-state index in [1.54, 1.807) is 11.3 Å². The van der Waals surface area contributed by atoms with Crippen LogP contribution in [-0.4, -0.2) is 4.98 Å². The van der Waals surface area contributed by atoms with E-state index in [4.69, 9.17) is 11.6 Å². The van der Waals surface area contributed by atoms with Crippen LogP contribution in [0.15, 0.2) is 29.9 Å². The molecule has 4 heteroatoms. The molecule has 0 saturated heterocycles. The quantitative estimate of drug-likeness (QED) is 0.902. The fraction of sp³-hybridized carbons (Fsp3) is 0.250. The minimum atomic E-state index is 0.795. The third kappa shape index (κ3) is 3.04. The molecule has 2 aromatic rings. The normalized spacial score (nSPS) is 10.6. The molecule has 1 aromatic carbocycles. The third-order valence-electron chi connectivity index (χ3n) is 2.40. The van der Waals surface area contributed by atoms with E-state index in [-0.39, 0.29) is 0 Å². The van der Waals surface area contributed by atoms with Gasteiger partial charge in [-0.1, -0.05) is 17.7 Å². The largest absolute Gasteiger partial charge is 0.308 e. The fourth-order valence-corrected chi connectivity index (χ4v) is 2.30. The van der Waals surface area contributed by atoms with Gasteiger partial charge in [-0.2, -0.15) is 0 Å². The van der Waals surface area contributed by atoms with E-state index in [2.05, 4.69) is 23.3 Å². The van der Waals surface area contributed by atoms with E-state index < -0.39 is 0 Å². The van der Waals surface area contributed by atoms with Crippen molar-refractivity contribution >= 4 is 22.9 Å². The molecule has 1 heterocycles. The van der Waals surface area contributed by atoms with E-state index in [1.807, 2.05) is 23.8 Å². The van der Waals surface area contributed by atoms with Gasteiger partial charge in [-0.15, -0.1) is 11.3 Å². The molecule has 0 bridgehead atoms. The molecule has 0 atom stereocenters. The summed E-state index contributed by atoms with van der Waals surface area (Å²) >= 11 is 7.58. The lowest BCUT2D eigenvalue weighted by Crippen LogP contribution is -2.12. The number of halogens is 1. The summed E-state index contributed by atoms with van der Waals surface area (Å²) in [7, 11) is 0. The van der Waals surface area contributed by atoms with Crippen molar-refractivity contribution in [1.29, 1.82) is 0 Å². The Morgan fingerprint density at radius 3 is 2.94 bits per heavy atom. The molecule has 0 unspecified atom stereocenters. The first-order valence-electron chi connectivity index (χ1n) is 5.09. The van der Waals surface area contributed by atoms with Gasteiger partial charge in [-0.25, -0.2) is 0 Å². The van der Waals surface area contributed by atoms with Crippen molar-refractivity contribution in [3.8, 4) is 0 Å². The molecule has 16 heavy (non-hydrogen) atoms. The first-order chi connectivity index (χ1) is 7.75. The average Bonchev–Trinajstić information content (AvgIpc) is 2.74.